The molecular weight excluding hydrogens is 465 g/mol. The van der Waals surface area contributed by atoms with Gasteiger partial charge in [-0.15, -0.1) is 5.10 Å². The highest BCUT2D eigenvalue weighted by Gasteiger charge is 2.13. The van der Waals surface area contributed by atoms with Gasteiger partial charge in [0.15, 0.2) is 5.78 Å². The number of carbonyl (C=O) groups is 2. The van der Waals surface area contributed by atoms with Crippen molar-refractivity contribution in [1.29, 1.82) is 0 Å². The largest absolute Gasteiger partial charge is 0.326 e. The molecule has 0 aliphatic carbocycles. The number of benzene rings is 2. The summed E-state index contributed by atoms with van der Waals surface area (Å²) in [6, 6.07) is 14.6. The molecule has 0 atom stereocenters. The summed E-state index contributed by atoms with van der Waals surface area (Å²) in [5.74, 6) is 0.0799. The molecule has 1 aromatic heterocycles. The first-order valence-electron chi connectivity index (χ1n) is 7.61. The van der Waals surface area contributed by atoms with Crippen LogP contribution < -0.4 is 5.32 Å². The number of thioether (sulfide) groups is 1. The van der Waals surface area contributed by atoms with Gasteiger partial charge >= 0.3 is 0 Å². The Balaban J connectivity index is 1.73. The third-order valence-corrected chi connectivity index (χ3v) is 4.99. The van der Waals surface area contributed by atoms with E-state index in [0.29, 0.717) is 22.1 Å². The number of hydrogen-bond acceptors (Lipinski definition) is 6. The molecule has 0 aliphatic heterocycles. The monoisotopic (exact) mass is 479 g/mol. The number of tetrazole rings is 1. The SMILES string of the molecule is CC(=O)Nc1cccc(-n2nnnc2SCC(=O)c2ccc(I)cc2)c1. The number of aromatic nitrogens is 4. The maximum atomic E-state index is 12.3. The summed E-state index contributed by atoms with van der Waals surface area (Å²) >= 11 is 3.46. The summed E-state index contributed by atoms with van der Waals surface area (Å²) in [5, 5.41) is 14.9. The summed E-state index contributed by atoms with van der Waals surface area (Å²) in [4.78, 5) is 23.5. The summed E-state index contributed by atoms with van der Waals surface area (Å²) < 4.78 is 2.62. The van der Waals surface area contributed by atoms with Gasteiger partial charge in [-0.2, -0.15) is 4.68 Å². The van der Waals surface area contributed by atoms with E-state index in [0.717, 1.165) is 3.57 Å². The molecule has 0 spiro atoms. The van der Waals surface area contributed by atoms with E-state index in [-0.39, 0.29) is 17.4 Å². The number of nitrogens with one attached hydrogen (secondary N) is 1. The van der Waals surface area contributed by atoms with Crippen LogP contribution in [0.25, 0.3) is 5.69 Å². The molecule has 9 heteroatoms. The number of nitrogens with zero attached hydrogens (tertiary/aromatic N) is 4. The third-order valence-electron chi connectivity index (χ3n) is 3.35. The second kappa shape index (κ2) is 8.41. The fourth-order valence-corrected chi connectivity index (χ4v) is 3.34. The number of anilines is 1. The van der Waals surface area contributed by atoms with Crippen molar-refractivity contribution in [2.75, 3.05) is 11.1 Å². The second-order valence-corrected chi connectivity index (χ2v) is 7.51. The molecule has 0 radical (unpaired) electrons. The quantitative estimate of drug-likeness (QED) is 0.332. The molecule has 26 heavy (non-hydrogen) atoms. The fourth-order valence-electron chi connectivity index (χ4n) is 2.20. The molecule has 132 valence electrons. The number of Topliss-reactive ketones (excluding diaryl/α,β-unsaturated/α-hetero) is 1. The van der Waals surface area contributed by atoms with Crippen molar-refractivity contribution in [3.8, 4) is 5.69 Å². The van der Waals surface area contributed by atoms with Crippen molar-refractivity contribution in [2.45, 2.75) is 12.1 Å². The summed E-state index contributed by atoms with van der Waals surface area (Å²) in [6.07, 6.45) is 0. The Hall–Kier alpha value is -2.27. The Morgan fingerprint density at radius 2 is 1.96 bits per heavy atom. The molecule has 3 aromatic rings. The molecule has 0 fully saturated rings. The molecule has 0 aliphatic rings. The van der Waals surface area contributed by atoms with Crippen LogP contribution in [0, 0.1) is 3.57 Å². The van der Waals surface area contributed by atoms with E-state index in [1.807, 2.05) is 30.3 Å². The van der Waals surface area contributed by atoms with E-state index in [1.54, 1.807) is 18.2 Å². The average Bonchev–Trinajstić information content (AvgIpc) is 3.08. The Kier molecular flexibility index (Phi) is 5.99. The minimum Gasteiger partial charge on any atom is -0.326 e. The molecule has 2 aromatic carbocycles. The maximum Gasteiger partial charge on any atom is 0.221 e. The second-order valence-electron chi connectivity index (χ2n) is 5.32. The molecule has 0 saturated heterocycles. The standard InChI is InChI=1S/C17H14IN5O2S/c1-11(24)19-14-3-2-4-15(9-14)23-17(20-21-22-23)26-10-16(25)12-5-7-13(18)8-6-12/h2-9H,10H2,1H3,(H,19,24). The van der Waals surface area contributed by atoms with E-state index >= 15 is 0 Å². The van der Waals surface area contributed by atoms with Crippen LogP contribution in [0.5, 0.6) is 0 Å². The van der Waals surface area contributed by atoms with Crippen molar-refractivity contribution in [2.24, 2.45) is 0 Å². The number of ketones is 1. The van der Waals surface area contributed by atoms with E-state index in [2.05, 4.69) is 43.4 Å². The maximum absolute atomic E-state index is 12.3. The van der Waals surface area contributed by atoms with Crippen LogP contribution in [-0.4, -0.2) is 37.7 Å². The Bertz CT molecular complexity index is 942. The zero-order valence-electron chi connectivity index (χ0n) is 13.7. The Labute approximate surface area is 167 Å². The lowest BCUT2D eigenvalue weighted by molar-refractivity contribution is -0.114. The minimum atomic E-state index is -0.156. The zero-order valence-corrected chi connectivity index (χ0v) is 16.7. The van der Waals surface area contributed by atoms with Crippen molar-refractivity contribution in [1.82, 2.24) is 20.2 Å². The van der Waals surface area contributed by atoms with Crippen molar-refractivity contribution < 1.29 is 9.59 Å². The molecule has 0 unspecified atom stereocenters. The number of halogens is 1. The van der Waals surface area contributed by atoms with Crippen LogP contribution in [0.15, 0.2) is 53.7 Å². The van der Waals surface area contributed by atoms with Crippen LogP contribution in [-0.2, 0) is 4.79 Å². The summed E-state index contributed by atoms with van der Waals surface area (Å²) in [5.41, 5.74) is 2.01. The van der Waals surface area contributed by atoms with Gasteiger partial charge in [-0.3, -0.25) is 9.59 Å². The number of hydrogen-bond donors (Lipinski definition) is 1. The predicted octanol–water partition coefficient (Wildman–Crippen LogP) is 3.20. The van der Waals surface area contributed by atoms with Gasteiger partial charge in [0.05, 0.1) is 11.4 Å². The van der Waals surface area contributed by atoms with Crippen LogP contribution in [0.2, 0.25) is 0 Å². The van der Waals surface area contributed by atoms with Gasteiger partial charge in [0.1, 0.15) is 0 Å². The molecule has 0 bridgehead atoms. The molecule has 7 nitrogen and oxygen atoms in total. The Morgan fingerprint density at radius 3 is 2.69 bits per heavy atom. The smallest absolute Gasteiger partial charge is 0.221 e. The van der Waals surface area contributed by atoms with Gasteiger partial charge in [0.2, 0.25) is 11.1 Å². The van der Waals surface area contributed by atoms with Gasteiger partial charge < -0.3 is 5.32 Å². The van der Waals surface area contributed by atoms with Gasteiger partial charge in [0, 0.05) is 21.7 Å². The van der Waals surface area contributed by atoms with Crippen molar-refractivity contribution >= 4 is 51.7 Å². The summed E-state index contributed by atoms with van der Waals surface area (Å²) in [6.45, 7) is 1.45. The number of carbonyl (C=O) groups excluding carboxylic acids is 2. The number of amides is 1. The molecule has 0 saturated carbocycles. The molecule has 1 heterocycles. The number of rotatable bonds is 6. The topological polar surface area (TPSA) is 89.8 Å². The van der Waals surface area contributed by atoms with Crippen LogP contribution in [0.4, 0.5) is 5.69 Å². The van der Waals surface area contributed by atoms with Crippen LogP contribution in [0.1, 0.15) is 17.3 Å². The first-order valence-corrected chi connectivity index (χ1v) is 9.67. The molecule has 3 rings (SSSR count). The van der Waals surface area contributed by atoms with E-state index < -0.39 is 0 Å². The van der Waals surface area contributed by atoms with Gasteiger partial charge in [-0.1, -0.05) is 30.0 Å². The lowest BCUT2D eigenvalue weighted by atomic mass is 10.2. The van der Waals surface area contributed by atoms with E-state index in [9.17, 15) is 9.59 Å². The predicted molar refractivity (Wildman–Crippen MR) is 108 cm³/mol. The van der Waals surface area contributed by atoms with Gasteiger partial charge in [0.25, 0.3) is 0 Å². The molecular formula is C17H14IN5O2S. The fraction of sp³-hybridized carbons (Fsp3) is 0.118. The average molecular weight is 479 g/mol. The molecule has 1 amide bonds. The van der Waals surface area contributed by atoms with E-state index in [1.165, 1.54) is 23.4 Å². The highest BCUT2D eigenvalue weighted by atomic mass is 127. The lowest BCUT2D eigenvalue weighted by Crippen LogP contribution is -2.07. The van der Waals surface area contributed by atoms with Crippen molar-refractivity contribution in [3.05, 3.63) is 57.7 Å². The van der Waals surface area contributed by atoms with Crippen molar-refractivity contribution in [3.63, 3.8) is 0 Å². The lowest BCUT2D eigenvalue weighted by Gasteiger charge is -2.07. The normalized spacial score (nSPS) is 10.5. The zero-order chi connectivity index (χ0) is 18.5. The van der Waals surface area contributed by atoms with Gasteiger partial charge in [-0.05, 0) is 63.3 Å². The summed E-state index contributed by atoms with van der Waals surface area (Å²) in [7, 11) is 0. The Morgan fingerprint density at radius 1 is 1.19 bits per heavy atom. The van der Waals surface area contributed by atoms with E-state index in [4.69, 9.17) is 0 Å². The van der Waals surface area contributed by atoms with Gasteiger partial charge in [-0.25, -0.2) is 0 Å². The van der Waals surface area contributed by atoms with Crippen LogP contribution in [0.3, 0.4) is 0 Å². The highest BCUT2D eigenvalue weighted by molar-refractivity contribution is 14.1. The first-order chi connectivity index (χ1) is 12.5. The minimum absolute atomic E-state index is 0.00736. The molecule has 1 N–H and O–H groups in total. The third kappa shape index (κ3) is 4.67. The first kappa shape index (κ1) is 18.5. The highest BCUT2D eigenvalue weighted by Crippen LogP contribution is 2.21. The van der Waals surface area contributed by atoms with Crippen LogP contribution >= 0.6 is 34.4 Å².